The molecular weight excluding hydrogens is 1640 g/mol. The Morgan fingerprint density at radius 3 is 0.934 bits per heavy atom. The fourth-order valence-electron chi connectivity index (χ4n) is 9.79. The number of benzene rings is 12. The molecule has 0 fully saturated rings. The van der Waals surface area contributed by atoms with Crippen molar-refractivity contribution in [2.24, 2.45) is 0 Å². The van der Waals surface area contributed by atoms with E-state index in [4.69, 9.17) is 61.3 Å². The lowest BCUT2D eigenvalue weighted by atomic mass is 10.00. The monoisotopic (exact) mass is 1700 g/mol. The molecule has 0 saturated heterocycles. The van der Waals surface area contributed by atoms with Crippen molar-refractivity contribution >= 4 is 34.7 Å². The minimum atomic E-state index is -1.51. The fourth-order valence-corrected chi connectivity index (χ4v) is 9.79. The predicted molar refractivity (Wildman–Crippen MR) is 389 cm³/mol. The first kappa shape index (κ1) is 90.2. The van der Waals surface area contributed by atoms with Crippen LogP contribution in [0.1, 0.15) is 95.5 Å². The molecule has 121 heavy (non-hydrogen) atoms. The highest BCUT2D eigenvalue weighted by atomic mass is 19.1. The summed E-state index contributed by atoms with van der Waals surface area (Å²) in [7, 11) is 0. The van der Waals surface area contributed by atoms with Crippen LogP contribution in [-0.2, 0) is 0 Å². The zero-order valence-corrected chi connectivity index (χ0v) is 59.4. The lowest BCUT2D eigenvalue weighted by Crippen LogP contribution is -2.05. The Morgan fingerprint density at radius 2 is 0.471 bits per heavy atom. The molecular formula is C78H54F6O37. The molecule has 12 aromatic rings. The summed E-state index contributed by atoms with van der Waals surface area (Å²) in [5.74, 6) is -40.3. The van der Waals surface area contributed by atoms with E-state index in [-0.39, 0.29) is 27.8 Å². The summed E-state index contributed by atoms with van der Waals surface area (Å²) in [4.78, 5) is 72.2. The summed E-state index contributed by atoms with van der Waals surface area (Å²) < 4.78 is 80.8. The molecule has 12 rings (SSSR count). The third-order valence-electron chi connectivity index (χ3n) is 16.1. The molecule has 0 atom stereocenters. The van der Waals surface area contributed by atoms with Crippen LogP contribution in [0.15, 0.2) is 140 Å². The van der Waals surface area contributed by atoms with Crippen molar-refractivity contribution < 1.29 is 213 Å². The van der Waals surface area contributed by atoms with Crippen LogP contribution in [0.25, 0.3) is 0 Å². The van der Waals surface area contributed by atoms with Gasteiger partial charge in [0.1, 0.15) is 17.2 Å². The maximum Gasteiger partial charge on any atom is 0.207 e. The second-order valence-electron chi connectivity index (χ2n) is 24.1. The highest BCUT2D eigenvalue weighted by molar-refractivity contribution is 6.15. The van der Waals surface area contributed by atoms with Crippen molar-refractivity contribution in [1.29, 1.82) is 0 Å². The summed E-state index contributed by atoms with van der Waals surface area (Å²) in [6.07, 6.45) is 0. The van der Waals surface area contributed by atoms with Crippen molar-refractivity contribution in [1.82, 2.24) is 0 Å². The van der Waals surface area contributed by atoms with Gasteiger partial charge in [0, 0.05) is 45.5 Å². The first-order valence-electron chi connectivity index (χ1n) is 32.1. The lowest BCUT2D eigenvalue weighted by Gasteiger charge is -2.10. The normalized spacial score (nSPS) is 10.5. The van der Waals surface area contributed by atoms with Gasteiger partial charge >= 0.3 is 0 Å². The zero-order valence-electron chi connectivity index (χ0n) is 59.4. The Kier molecular flexibility index (Phi) is 26.9. The quantitative estimate of drug-likeness (QED) is 0.0308. The Hall–Kier alpha value is -18.0. The molecule has 12 aromatic carbocycles. The third-order valence-corrected chi connectivity index (χ3v) is 16.1. The number of carbonyl (C=O) groups is 6. The number of phenols is 31. The first-order valence-corrected chi connectivity index (χ1v) is 32.1. The molecule has 0 amide bonds. The third kappa shape index (κ3) is 19.3. The number of hydrogen-bond acceptors (Lipinski definition) is 37. The molecule has 0 spiro atoms. The number of carbonyl (C=O) groups excluding carboxylic acids is 6. The summed E-state index contributed by atoms with van der Waals surface area (Å²) in [6, 6.07) is 19.5. The highest BCUT2D eigenvalue weighted by Crippen LogP contribution is 2.47. The second-order valence-corrected chi connectivity index (χ2v) is 24.1. The van der Waals surface area contributed by atoms with E-state index >= 15 is 0 Å². The van der Waals surface area contributed by atoms with Gasteiger partial charge in [-0.1, -0.05) is 0 Å². The Bertz CT molecular complexity index is 6140. The molecule has 0 radical (unpaired) electrons. The van der Waals surface area contributed by atoms with E-state index < -0.39 is 287 Å². The molecule has 0 aliphatic rings. The van der Waals surface area contributed by atoms with E-state index in [0.29, 0.717) is 24.3 Å². The van der Waals surface area contributed by atoms with Gasteiger partial charge in [-0.2, -0.15) is 4.39 Å². The van der Waals surface area contributed by atoms with Crippen molar-refractivity contribution in [2.45, 2.75) is 0 Å². The second kappa shape index (κ2) is 36.0. The topological polar surface area (TPSA) is 730 Å². The minimum absolute atomic E-state index is 0.000195. The molecule has 0 bridgehead atoms. The largest absolute Gasteiger partial charge is 0.505 e. The molecule has 630 valence electrons. The van der Waals surface area contributed by atoms with Gasteiger partial charge in [0.25, 0.3) is 0 Å². The van der Waals surface area contributed by atoms with Crippen molar-refractivity contribution in [2.75, 3.05) is 0 Å². The average molecular weight is 1700 g/mol. The van der Waals surface area contributed by atoms with E-state index in [1.54, 1.807) is 0 Å². The van der Waals surface area contributed by atoms with E-state index in [1.807, 2.05) is 0 Å². The van der Waals surface area contributed by atoms with Crippen LogP contribution in [0.2, 0.25) is 0 Å². The van der Waals surface area contributed by atoms with Crippen molar-refractivity contribution in [3.63, 3.8) is 0 Å². The predicted octanol–water partition coefficient (Wildman–Crippen LogP) is 9.21. The molecule has 0 saturated carbocycles. The molecule has 31 N–H and O–H groups in total. The summed E-state index contributed by atoms with van der Waals surface area (Å²) in [5.41, 5.74) is -5.40. The lowest BCUT2D eigenvalue weighted by molar-refractivity contribution is 0.102. The van der Waals surface area contributed by atoms with Gasteiger partial charge < -0.3 is 158 Å². The molecule has 0 aromatic heterocycles. The van der Waals surface area contributed by atoms with Gasteiger partial charge in [-0.25, -0.2) is 22.0 Å². The SMILES string of the molecule is O=C(c1cc(O)c(O)c(O)c1)c1c(F)cc(O)c(O)c1O.O=C(c1cc(O)c(O)c(O)c1)c1cc(F)c(O)c(O)c1O.O=C(c1cc(O)c(O)c(O)c1)c1ccc(O)c(F)c1O.O=C(c1ccc(O)c(O)c1)c1cc(O)c(O)c(F)c1.O=C(c1ccc(O)c(O)c1)c1cc(O)c(O)cc1F.O=C(c1ccc(O)c(O)c1O)c1cc(O)c(O)c(O)c1F. The Morgan fingerprint density at radius 1 is 0.157 bits per heavy atom. The van der Waals surface area contributed by atoms with E-state index in [2.05, 4.69) is 0 Å². The van der Waals surface area contributed by atoms with Crippen LogP contribution in [0.5, 0.6) is 178 Å². The van der Waals surface area contributed by atoms with E-state index in [1.165, 1.54) is 12.1 Å². The molecule has 0 aliphatic carbocycles. The number of halogens is 6. The van der Waals surface area contributed by atoms with Crippen molar-refractivity contribution in [3.8, 4) is 178 Å². The fraction of sp³-hybridized carbons (Fsp3) is 0. The van der Waals surface area contributed by atoms with Gasteiger partial charge in [0.2, 0.25) is 28.8 Å². The van der Waals surface area contributed by atoms with Crippen LogP contribution in [-0.4, -0.2) is 193 Å². The molecule has 0 aliphatic heterocycles. The maximum absolute atomic E-state index is 13.8. The summed E-state index contributed by atoms with van der Waals surface area (Å²) >= 11 is 0. The molecule has 0 unspecified atom stereocenters. The van der Waals surface area contributed by atoms with E-state index in [0.717, 1.165) is 103 Å². The van der Waals surface area contributed by atoms with Crippen LogP contribution in [0.4, 0.5) is 26.3 Å². The summed E-state index contributed by atoms with van der Waals surface area (Å²) in [5, 5.41) is 287. The van der Waals surface area contributed by atoms with Gasteiger partial charge in [-0.15, -0.1) is 0 Å². The number of phenolic OH excluding ortho intramolecular Hbond substituents is 31. The number of hydrogen-bond donors (Lipinski definition) is 31. The first-order chi connectivity index (χ1) is 56.3. The average Bonchev–Trinajstić information content (AvgIpc) is 0.899. The number of ketones is 6. The summed E-state index contributed by atoms with van der Waals surface area (Å²) in [6.45, 7) is 0. The highest BCUT2D eigenvalue weighted by Gasteiger charge is 2.31. The maximum atomic E-state index is 13.8. The van der Waals surface area contributed by atoms with Crippen LogP contribution in [0.3, 0.4) is 0 Å². The van der Waals surface area contributed by atoms with E-state index in [9.17, 15) is 152 Å². The molecule has 0 heterocycles. The Balaban J connectivity index is 0.000000200. The van der Waals surface area contributed by atoms with Gasteiger partial charge in [0.15, 0.2) is 207 Å². The van der Waals surface area contributed by atoms with Crippen LogP contribution >= 0.6 is 0 Å². The Labute approximate surface area is 665 Å². The number of aromatic hydroxyl groups is 31. The molecule has 37 nitrogen and oxygen atoms in total. The standard InChI is InChI=1S/3C13H9FO7.C13H9FO6.2C13H9FO5/c14-6-3-5(10(18)13(21)11(6)19)9(17)4-1-7(15)12(20)8(16)2-4;14-5-3-8(17)12(20)13(21)9(5)10(18)4-1-6(15)11(19)7(16)2-4;14-8-5(3-7(16)12(20)13(8)21)9(17)4-1-2-6(15)11(19)10(4)18;14-10-7(15)2-1-6(12(10)19)11(18)5-3-8(16)13(20)9(17)4-5;14-8-3-7(5-11(17)13(8)19)12(18)6-1-2-9(15)10(16)4-6;14-8-5-12(18)11(17)4-7(8)13(19)6-1-2-9(15)10(16)3-6/h1-3,15-16,18-21H;1-3,15-17,19-21H;1-3,15-16,18-21H;1-4,15-17,19-20H;1-5,15-17,19H;1-5,15-18H. The van der Waals surface area contributed by atoms with Gasteiger partial charge in [-0.05, 0) is 127 Å². The van der Waals surface area contributed by atoms with Crippen LogP contribution < -0.4 is 0 Å². The molecule has 43 heteroatoms. The van der Waals surface area contributed by atoms with Crippen molar-refractivity contribution in [3.05, 3.63) is 241 Å². The number of rotatable bonds is 12. The van der Waals surface area contributed by atoms with Gasteiger partial charge in [0.05, 0.1) is 27.8 Å². The minimum Gasteiger partial charge on any atom is -0.505 e. The zero-order chi connectivity index (χ0) is 91.0. The smallest absolute Gasteiger partial charge is 0.207 e. The van der Waals surface area contributed by atoms with Gasteiger partial charge in [-0.3, -0.25) is 28.8 Å². The van der Waals surface area contributed by atoms with Crippen LogP contribution in [0, 0.1) is 34.9 Å².